The summed E-state index contributed by atoms with van der Waals surface area (Å²) in [5.41, 5.74) is 9.22. The Hall–Kier alpha value is -0.620. The van der Waals surface area contributed by atoms with Crippen LogP contribution in [0.25, 0.3) is 0 Å². The Morgan fingerprint density at radius 1 is 1.32 bits per heavy atom. The number of nitrogens with two attached hydrogens (primary N) is 2. The lowest BCUT2D eigenvalue weighted by Crippen LogP contribution is -2.39. The number of hydrogen-bond donors (Lipinski definition) is 8. The van der Waals surface area contributed by atoms with E-state index in [0.29, 0.717) is 0 Å². The fraction of sp³-hybridized carbons (Fsp3) is 0.857. The molecule has 19 heavy (non-hydrogen) atoms. The van der Waals surface area contributed by atoms with Crippen molar-refractivity contribution in [1.82, 2.24) is 5.09 Å². The highest BCUT2D eigenvalue weighted by atomic mass is 31.2. The minimum Gasteiger partial charge on any atom is -0.394 e. The highest BCUT2D eigenvalue weighted by molar-refractivity contribution is 7.49. The van der Waals surface area contributed by atoms with Gasteiger partial charge in [0.15, 0.2) is 0 Å². The minimum atomic E-state index is -4.54. The normalized spacial score (nSPS) is 30.6. The Balaban J connectivity index is 0.000000555. The average molecular weight is 303 g/mol. The van der Waals surface area contributed by atoms with Gasteiger partial charge < -0.3 is 41.3 Å². The van der Waals surface area contributed by atoms with Gasteiger partial charge in [0.1, 0.15) is 24.5 Å². The van der Waals surface area contributed by atoms with Crippen molar-refractivity contribution in [3.63, 3.8) is 0 Å². The Morgan fingerprint density at radius 3 is 2.05 bits per heavy atom. The number of aliphatic hydroxyl groups is 3. The molecule has 11 nitrogen and oxygen atoms in total. The number of amides is 1. The molecular weight excluding hydrogens is 285 g/mol. The Labute approximate surface area is 108 Å². The second-order valence-corrected chi connectivity index (χ2v) is 4.95. The van der Waals surface area contributed by atoms with Gasteiger partial charge in [0.2, 0.25) is 5.91 Å². The molecule has 1 aliphatic rings. The van der Waals surface area contributed by atoms with Crippen molar-refractivity contribution < 1.29 is 39.2 Å². The fourth-order valence-electron chi connectivity index (χ4n) is 1.17. The summed E-state index contributed by atoms with van der Waals surface area (Å²) in [5, 5.41) is 28.8. The van der Waals surface area contributed by atoms with Gasteiger partial charge in [0.25, 0.3) is 0 Å². The number of nitrogens with one attached hydrogen (secondary N) is 1. The van der Waals surface area contributed by atoms with Gasteiger partial charge in [-0.05, 0) is 0 Å². The van der Waals surface area contributed by atoms with Crippen molar-refractivity contribution in [1.29, 1.82) is 0 Å². The number of primary amides is 1. The van der Waals surface area contributed by atoms with Gasteiger partial charge >= 0.3 is 7.75 Å². The highest BCUT2D eigenvalue weighted by Crippen LogP contribution is 2.32. The van der Waals surface area contributed by atoms with E-state index < -0.39 is 44.8 Å². The van der Waals surface area contributed by atoms with Crippen LogP contribution in [-0.4, -0.2) is 68.7 Å². The Bertz CT molecular complexity index is 336. The van der Waals surface area contributed by atoms with Crippen LogP contribution in [0, 0.1) is 0 Å². The molecule has 1 amide bonds. The molecule has 12 heteroatoms. The molecular formula is C7H18N3O8P. The molecule has 0 spiro atoms. The lowest BCUT2D eigenvalue weighted by Gasteiger charge is -2.16. The molecule has 4 atom stereocenters. The van der Waals surface area contributed by atoms with E-state index >= 15 is 0 Å². The van der Waals surface area contributed by atoms with Crippen LogP contribution in [0.4, 0.5) is 0 Å². The Kier molecular flexibility index (Phi) is 7.59. The number of hydrogen-bond acceptors (Lipinski definition) is 7. The van der Waals surface area contributed by atoms with Crippen molar-refractivity contribution in [2.24, 2.45) is 11.5 Å². The first-order valence-electron chi connectivity index (χ1n) is 5.06. The average Bonchev–Trinajstić information content (AvgIpc) is 2.55. The summed E-state index contributed by atoms with van der Waals surface area (Å²) in [6.07, 6.45) is -5.29. The molecule has 10 N–H and O–H groups in total. The van der Waals surface area contributed by atoms with Gasteiger partial charge in [-0.1, -0.05) is 0 Å². The first-order chi connectivity index (χ1) is 8.62. The minimum absolute atomic E-state index is 0.0556. The standard InChI is InChI=1S/C5H12NO7P.C2H6N2O/c7-1-2-3(8)4(9)5(13-2)6-14(10,11)12;3-1-2(4)5/h2-5,7-9H,1H2,(H3,6,10,11,12);1,3H2,(H2,4,5)/t2-,3-,4-,5?;/m1./s1. The van der Waals surface area contributed by atoms with E-state index in [1.54, 1.807) is 5.09 Å². The van der Waals surface area contributed by atoms with Gasteiger partial charge in [-0.25, -0.2) is 4.57 Å². The van der Waals surface area contributed by atoms with Gasteiger partial charge in [0, 0.05) is 0 Å². The molecule has 0 aromatic carbocycles. The summed E-state index contributed by atoms with van der Waals surface area (Å²) in [5.74, 6) is -0.468. The molecule has 1 unspecified atom stereocenters. The van der Waals surface area contributed by atoms with Gasteiger partial charge in [-0.2, -0.15) is 5.09 Å². The summed E-state index contributed by atoms with van der Waals surface area (Å²) < 4.78 is 15.2. The first kappa shape index (κ1) is 18.4. The number of rotatable bonds is 4. The number of carbonyl (C=O) groups is 1. The predicted octanol–water partition coefficient (Wildman–Crippen LogP) is -4.46. The summed E-state index contributed by atoms with van der Waals surface area (Å²) in [6, 6.07) is 0. The van der Waals surface area contributed by atoms with Crippen molar-refractivity contribution in [3.8, 4) is 0 Å². The van der Waals surface area contributed by atoms with E-state index in [-0.39, 0.29) is 6.54 Å². The summed E-state index contributed by atoms with van der Waals surface area (Å²) >= 11 is 0. The van der Waals surface area contributed by atoms with Crippen molar-refractivity contribution in [2.75, 3.05) is 13.2 Å². The smallest absolute Gasteiger partial charge is 0.394 e. The van der Waals surface area contributed by atoms with Gasteiger partial charge in [0.05, 0.1) is 13.2 Å². The number of aliphatic hydroxyl groups excluding tert-OH is 3. The van der Waals surface area contributed by atoms with E-state index in [2.05, 4.69) is 5.73 Å². The third-order valence-corrected chi connectivity index (χ3v) is 2.63. The molecule has 1 fully saturated rings. The van der Waals surface area contributed by atoms with E-state index in [9.17, 15) is 19.6 Å². The monoisotopic (exact) mass is 303 g/mol. The third kappa shape index (κ3) is 6.92. The second kappa shape index (κ2) is 7.85. The quantitative estimate of drug-likeness (QED) is 0.233. The van der Waals surface area contributed by atoms with Gasteiger partial charge in [-0.15, -0.1) is 0 Å². The molecule has 0 aliphatic carbocycles. The van der Waals surface area contributed by atoms with Crippen LogP contribution in [0.15, 0.2) is 0 Å². The Morgan fingerprint density at radius 2 is 1.79 bits per heavy atom. The maximum Gasteiger partial charge on any atom is 0.402 e. The third-order valence-electron chi connectivity index (χ3n) is 2.04. The van der Waals surface area contributed by atoms with Crippen LogP contribution in [-0.2, 0) is 14.1 Å². The van der Waals surface area contributed by atoms with Crippen molar-refractivity contribution >= 4 is 13.7 Å². The summed E-state index contributed by atoms with van der Waals surface area (Å²) in [4.78, 5) is 26.5. The van der Waals surface area contributed by atoms with E-state index in [0.717, 1.165) is 0 Å². The van der Waals surface area contributed by atoms with Crippen LogP contribution in [0.3, 0.4) is 0 Å². The zero-order chi connectivity index (χ0) is 15.2. The molecule has 1 aliphatic heterocycles. The molecule has 1 heterocycles. The molecule has 0 aromatic rings. The molecule has 1 rings (SSSR count). The van der Waals surface area contributed by atoms with Crippen molar-refractivity contribution in [2.45, 2.75) is 24.5 Å². The van der Waals surface area contributed by atoms with Crippen LogP contribution in [0.2, 0.25) is 0 Å². The van der Waals surface area contributed by atoms with Crippen molar-refractivity contribution in [3.05, 3.63) is 0 Å². The highest BCUT2D eigenvalue weighted by Gasteiger charge is 2.44. The lowest BCUT2D eigenvalue weighted by atomic mass is 10.1. The zero-order valence-electron chi connectivity index (χ0n) is 9.79. The molecule has 0 aromatic heterocycles. The fourth-order valence-corrected chi connectivity index (χ4v) is 1.72. The molecule has 1 saturated heterocycles. The van der Waals surface area contributed by atoms with Crippen LogP contribution in [0.1, 0.15) is 0 Å². The van der Waals surface area contributed by atoms with E-state index in [1.165, 1.54) is 0 Å². The first-order valence-corrected chi connectivity index (χ1v) is 6.67. The maximum atomic E-state index is 10.5. The molecule has 0 radical (unpaired) electrons. The maximum absolute atomic E-state index is 10.5. The predicted molar refractivity (Wildman–Crippen MR) is 61.2 cm³/mol. The van der Waals surface area contributed by atoms with Crippen LogP contribution in [0.5, 0.6) is 0 Å². The largest absolute Gasteiger partial charge is 0.402 e. The molecule has 0 saturated carbocycles. The molecule has 114 valence electrons. The summed E-state index contributed by atoms with van der Waals surface area (Å²) in [6.45, 7) is -0.600. The zero-order valence-corrected chi connectivity index (χ0v) is 10.7. The second-order valence-electron chi connectivity index (χ2n) is 3.60. The summed E-state index contributed by atoms with van der Waals surface area (Å²) in [7, 11) is -4.54. The van der Waals surface area contributed by atoms with E-state index in [4.69, 9.17) is 25.4 Å². The van der Waals surface area contributed by atoms with Crippen LogP contribution >= 0.6 is 7.75 Å². The van der Waals surface area contributed by atoms with Gasteiger partial charge in [-0.3, -0.25) is 4.79 Å². The SMILES string of the molecule is NCC(N)=O.O=P(O)(O)NC1O[C@H](CO)[C@@H](O)[C@H]1O. The van der Waals surface area contributed by atoms with Crippen LogP contribution < -0.4 is 16.6 Å². The van der Waals surface area contributed by atoms with E-state index in [1.807, 2.05) is 0 Å². The lowest BCUT2D eigenvalue weighted by molar-refractivity contribution is -0.116. The topological polar surface area (TPSA) is 209 Å². The number of ether oxygens (including phenoxy) is 1. The molecule has 0 bridgehead atoms. The number of carbonyl (C=O) groups excluding carboxylic acids is 1.